The first kappa shape index (κ1) is 19.8. The van der Waals surface area contributed by atoms with Crippen LogP contribution in [0, 0.1) is 19.3 Å². The molecule has 7 heteroatoms. The molecule has 0 spiro atoms. The van der Waals surface area contributed by atoms with Crippen LogP contribution in [0.3, 0.4) is 0 Å². The van der Waals surface area contributed by atoms with Crippen molar-refractivity contribution in [3.8, 4) is 11.4 Å². The van der Waals surface area contributed by atoms with E-state index < -0.39 is 15.7 Å². The van der Waals surface area contributed by atoms with Gasteiger partial charge in [0.05, 0.1) is 7.11 Å². The highest BCUT2D eigenvalue weighted by atomic mass is 35.5. The number of nitrogens with zero attached hydrogens (tertiary/aromatic N) is 1. The first-order valence-electron chi connectivity index (χ1n) is 8.52. The van der Waals surface area contributed by atoms with Gasteiger partial charge in [0.2, 0.25) is 5.78 Å². The SMILES string of the molecule is COc1ccc(-n2c(C)cc(C(=O)COC(=O)[C@]3(C)CC3(Cl)Cl)c2C)cc1. The summed E-state index contributed by atoms with van der Waals surface area (Å²) in [5, 5.41) is 0. The number of hydrogen-bond acceptors (Lipinski definition) is 4. The number of alkyl halides is 2. The Morgan fingerprint density at radius 1 is 1.19 bits per heavy atom. The fourth-order valence-corrected chi connectivity index (χ4v) is 3.85. The largest absolute Gasteiger partial charge is 0.497 e. The summed E-state index contributed by atoms with van der Waals surface area (Å²) < 4.78 is 11.2. The minimum absolute atomic E-state index is 0.268. The summed E-state index contributed by atoms with van der Waals surface area (Å²) in [6.45, 7) is 5.07. The Morgan fingerprint density at radius 2 is 1.78 bits per heavy atom. The molecule has 1 aromatic carbocycles. The number of rotatable bonds is 6. The first-order chi connectivity index (χ1) is 12.6. The second kappa shape index (κ2) is 6.88. The Labute approximate surface area is 168 Å². The summed E-state index contributed by atoms with van der Waals surface area (Å²) >= 11 is 12.0. The summed E-state index contributed by atoms with van der Waals surface area (Å²) in [7, 11) is 1.61. The Bertz CT molecular complexity index is 901. The molecule has 1 atom stereocenters. The number of carbonyl (C=O) groups excluding carboxylic acids is 2. The summed E-state index contributed by atoms with van der Waals surface area (Å²) in [5.41, 5.74) is 2.17. The average Bonchev–Trinajstić information content (AvgIpc) is 3.01. The molecule has 1 saturated carbocycles. The lowest BCUT2D eigenvalue weighted by molar-refractivity contribution is -0.148. The highest BCUT2D eigenvalue weighted by molar-refractivity contribution is 6.53. The van der Waals surface area contributed by atoms with E-state index in [9.17, 15) is 9.59 Å². The summed E-state index contributed by atoms with van der Waals surface area (Å²) in [5.74, 6) is -0.0623. The van der Waals surface area contributed by atoms with E-state index in [4.69, 9.17) is 32.7 Å². The predicted octanol–water partition coefficient (Wildman–Crippen LogP) is 4.41. The average molecular weight is 410 g/mol. The van der Waals surface area contributed by atoms with E-state index in [-0.39, 0.29) is 12.4 Å². The molecule has 5 nitrogen and oxygen atoms in total. The number of hydrogen-bond donors (Lipinski definition) is 0. The Morgan fingerprint density at radius 3 is 2.30 bits per heavy atom. The second-order valence-electron chi connectivity index (χ2n) is 7.03. The fraction of sp³-hybridized carbons (Fsp3) is 0.400. The van der Waals surface area contributed by atoms with Crippen LogP contribution in [-0.4, -0.2) is 34.4 Å². The molecule has 0 amide bonds. The van der Waals surface area contributed by atoms with E-state index in [1.165, 1.54) is 0 Å². The van der Waals surface area contributed by atoms with Crippen molar-refractivity contribution in [2.24, 2.45) is 5.41 Å². The minimum Gasteiger partial charge on any atom is -0.497 e. The van der Waals surface area contributed by atoms with Crippen molar-refractivity contribution in [3.63, 3.8) is 0 Å². The molecule has 1 aliphatic carbocycles. The third-order valence-electron chi connectivity index (χ3n) is 5.10. The number of benzene rings is 1. The number of methoxy groups -OCH3 is 1. The van der Waals surface area contributed by atoms with Crippen LogP contribution < -0.4 is 4.74 Å². The van der Waals surface area contributed by atoms with E-state index in [0.29, 0.717) is 12.0 Å². The Balaban J connectivity index is 1.75. The normalized spacial score (nSPS) is 20.2. The number of aromatic nitrogens is 1. The highest BCUT2D eigenvalue weighted by Crippen LogP contribution is 2.64. The summed E-state index contributed by atoms with van der Waals surface area (Å²) in [6.07, 6.45) is 0.322. The zero-order valence-corrected chi connectivity index (χ0v) is 17.1. The van der Waals surface area contributed by atoms with Crippen molar-refractivity contribution >= 4 is 35.0 Å². The standard InChI is InChI=1S/C20H21Cl2NO4/c1-12-9-16(13(2)23(12)14-5-7-15(26-4)8-6-14)17(24)10-27-18(25)19(3)11-20(19,21)22/h5-9H,10-11H2,1-4H3/t19-/m0/s1. The molecular weight excluding hydrogens is 389 g/mol. The van der Waals surface area contributed by atoms with Gasteiger partial charge in [-0.25, -0.2) is 0 Å². The van der Waals surface area contributed by atoms with Gasteiger partial charge in [0, 0.05) is 29.1 Å². The van der Waals surface area contributed by atoms with Gasteiger partial charge in [0.15, 0.2) is 6.61 Å². The number of halogens is 2. The van der Waals surface area contributed by atoms with Gasteiger partial charge < -0.3 is 14.0 Å². The van der Waals surface area contributed by atoms with Crippen LogP contribution >= 0.6 is 23.2 Å². The summed E-state index contributed by atoms with van der Waals surface area (Å²) in [4.78, 5) is 24.8. The number of ketones is 1. The van der Waals surface area contributed by atoms with Gasteiger partial charge in [-0.1, -0.05) is 0 Å². The molecule has 0 N–H and O–H groups in total. The molecule has 0 radical (unpaired) electrons. The van der Waals surface area contributed by atoms with Crippen molar-refractivity contribution < 1.29 is 19.1 Å². The van der Waals surface area contributed by atoms with Crippen molar-refractivity contribution in [1.29, 1.82) is 0 Å². The molecule has 0 unspecified atom stereocenters. The molecule has 2 aromatic rings. The maximum Gasteiger partial charge on any atom is 0.315 e. The van der Waals surface area contributed by atoms with Crippen molar-refractivity contribution in [3.05, 3.63) is 47.3 Å². The van der Waals surface area contributed by atoms with Crippen LogP contribution in [0.25, 0.3) is 5.69 Å². The lowest BCUT2D eigenvalue weighted by Crippen LogP contribution is -2.24. The first-order valence-corrected chi connectivity index (χ1v) is 9.28. The Hall–Kier alpha value is -1.98. The lowest BCUT2D eigenvalue weighted by Gasteiger charge is -2.12. The van der Waals surface area contributed by atoms with Crippen molar-refractivity contribution in [1.82, 2.24) is 4.57 Å². The monoisotopic (exact) mass is 409 g/mol. The van der Waals surface area contributed by atoms with Crippen LogP contribution in [0.1, 0.15) is 35.1 Å². The van der Waals surface area contributed by atoms with Gasteiger partial charge in [0.25, 0.3) is 0 Å². The van der Waals surface area contributed by atoms with Crippen LogP contribution in [0.4, 0.5) is 0 Å². The zero-order valence-electron chi connectivity index (χ0n) is 15.6. The van der Waals surface area contributed by atoms with Crippen molar-refractivity contribution in [2.45, 2.75) is 31.5 Å². The van der Waals surface area contributed by atoms with Gasteiger partial charge in [-0.15, -0.1) is 23.2 Å². The summed E-state index contributed by atoms with van der Waals surface area (Å²) in [6, 6.07) is 9.35. The molecule has 0 saturated heterocycles. The van der Waals surface area contributed by atoms with Crippen LogP contribution in [-0.2, 0) is 9.53 Å². The number of Topliss-reactive ketones (excluding diaryl/α,β-unsaturated/α-hetero) is 1. The van der Waals surface area contributed by atoms with Gasteiger partial charge in [-0.05, 0) is 51.1 Å². The molecule has 1 aromatic heterocycles. The number of esters is 1. The minimum atomic E-state index is -1.11. The van der Waals surface area contributed by atoms with Gasteiger partial charge >= 0.3 is 5.97 Å². The van der Waals surface area contributed by atoms with Crippen molar-refractivity contribution in [2.75, 3.05) is 13.7 Å². The van der Waals surface area contributed by atoms with E-state index in [1.54, 1.807) is 20.1 Å². The smallest absolute Gasteiger partial charge is 0.315 e. The van der Waals surface area contributed by atoms with E-state index in [2.05, 4.69) is 0 Å². The number of ether oxygens (including phenoxy) is 2. The maximum absolute atomic E-state index is 12.6. The van der Waals surface area contributed by atoms with E-state index in [1.807, 2.05) is 42.7 Å². The lowest BCUT2D eigenvalue weighted by atomic mass is 10.1. The molecule has 144 valence electrons. The highest BCUT2D eigenvalue weighted by Gasteiger charge is 2.69. The molecular formula is C20H21Cl2NO4. The van der Waals surface area contributed by atoms with Gasteiger partial charge in [0.1, 0.15) is 15.5 Å². The zero-order chi connectivity index (χ0) is 20.0. The van der Waals surface area contributed by atoms with Crippen LogP contribution in [0.15, 0.2) is 30.3 Å². The fourth-order valence-electron chi connectivity index (χ4n) is 3.16. The van der Waals surface area contributed by atoms with Gasteiger partial charge in [-0.2, -0.15) is 0 Å². The predicted molar refractivity (Wildman–Crippen MR) is 104 cm³/mol. The molecule has 0 bridgehead atoms. The third kappa shape index (κ3) is 3.46. The molecule has 1 fully saturated rings. The second-order valence-corrected chi connectivity index (χ2v) is 8.51. The maximum atomic E-state index is 12.6. The van der Waals surface area contributed by atoms with Gasteiger partial charge in [-0.3, -0.25) is 9.59 Å². The molecule has 3 rings (SSSR count). The van der Waals surface area contributed by atoms with E-state index >= 15 is 0 Å². The topological polar surface area (TPSA) is 57.5 Å². The quantitative estimate of drug-likeness (QED) is 0.402. The Kier molecular flexibility index (Phi) is 5.04. The number of aryl methyl sites for hydroxylation is 1. The molecule has 1 heterocycles. The van der Waals surface area contributed by atoms with Crippen LogP contribution in [0.5, 0.6) is 5.75 Å². The molecule has 0 aliphatic heterocycles. The van der Waals surface area contributed by atoms with Crippen LogP contribution in [0.2, 0.25) is 0 Å². The molecule has 27 heavy (non-hydrogen) atoms. The number of carbonyl (C=O) groups is 2. The third-order valence-corrected chi connectivity index (χ3v) is 6.21. The van der Waals surface area contributed by atoms with E-state index in [0.717, 1.165) is 22.8 Å². The molecule has 1 aliphatic rings.